The smallest absolute Gasteiger partial charge is 0.286 e. The molecule has 0 aromatic heterocycles. The molecule has 1 unspecified atom stereocenters. The number of aryl methyl sites for hydroxylation is 1. The van der Waals surface area contributed by atoms with Crippen molar-refractivity contribution in [3.63, 3.8) is 0 Å². The minimum Gasteiger partial charge on any atom is -0.493 e. The van der Waals surface area contributed by atoms with Gasteiger partial charge in [-0.2, -0.15) is 0 Å². The number of amides is 2. The lowest BCUT2D eigenvalue weighted by Crippen LogP contribution is -2.45. The SMILES string of the molecule is CCC1CC(C)=CN1C(=O)c1cc(OC)c(OCCCCCOc2cc(N)c(C(=O)N3C=C(C)C[C@H]3CO[Si](C)(C)C(C)(C)C)cc2C)cc1[N+](=O)[O-]. The van der Waals surface area contributed by atoms with Crippen molar-refractivity contribution in [3.8, 4) is 17.2 Å². The Balaban J connectivity index is 1.30. The van der Waals surface area contributed by atoms with Crippen molar-refractivity contribution in [2.24, 2.45) is 0 Å². The second-order valence-electron chi connectivity index (χ2n) is 15.8. The molecule has 2 aromatic carbocycles. The zero-order valence-corrected chi connectivity index (χ0v) is 34.2. The lowest BCUT2D eigenvalue weighted by atomic mass is 10.1. The molecule has 0 radical (unpaired) electrons. The molecule has 2 aromatic rings. The van der Waals surface area contributed by atoms with E-state index in [1.807, 2.05) is 33.9 Å². The number of ether oxygens (including phenoxy) is 3. The Kier molecular flexibility index (Phi) is 13.4. The van der Waals surface area contributed by atoms with Crippen LogP contribution in [0.5, 0.6) is 17.2 Å². The van der Waals surface area contributed by atoms with Crippen LogP contribution >= 0.6 is 0 Å². The monoisotopic (exact) mass is 750 g/mol. The zero-order valence-electron chi connectivity index (χ0n) is 33.2. The molecule has 2 atom stereocenters. The number of nitrogens with zero attached hydrogens (tertiary/aromatic N) is 3. The van der Waals surface area contributed by atoms with Gasteiger partial charge in [0.05, 0.1) is 49.5 Å². The van der Waals surface area contributed by atoms with Gasteiger partial charge in [0, 0.05) is 36.3 Å². The van der Waals surface area contributed by atoms with Gasteiger partial charge in [-0.05, 0) is 89.1 Å². The summed E-state index contributed by atoms with van der Waals surface area (Å²) in [4.78, 5) is 42.0. The van der Waals surface area contributed by atoms with Crippen LogP contribution < -0.4 is 19.9 Å². The topological polar surface area (TPSA) is 147 Å². The van der Waals surface area contributed by atoms with Crippen molar-refractivity contribution >= 4 is 31.5 Å². The summed E-state index contributed by atoms with van der Waals surface area (Å²) in [5.74, 6) is 0.513. The molecule has 290 valence electrons. The van der Waals surface area contributed by atoms with E-state index in [0.717, 1.165) is 48.8 Å². The number of carbonyl (C=O) groups excluding carboxylic acids is 2. The molecule has 2 N–H and O–H groups in total. The predicted molar refractivity (Wildman–Crippen MR) is 210 cm³/mol. The van der Waals surface area contributed by atoms with Gasteiger partial charge >= 0.3 is 0 Å². The number of anilines is 1. The number of carbonyl (C=O) groups is 2. The van der Waals surface area contributed by atoms with Crippen molar-refractivity contribution in [2.75, 3.05) is 32.7 Å². The van der Waals surface area contributed by atoms with E-state index < -0.39 is 19.1 Å². The van der Waals surface area contributed by atoms with Crippen molar-refractivity contribution in [1.29, 1.82) is 0 Å². The van der Waals surface area contributed by atoms with E-state index in [1.165, 1.54) is 19.2 Å². The van der Waals surface area contributed by atoms with Crippen LogP contribution in [0.25, 0.3) is 0 Å². The van der Waals surface area contributed by atoms with Gasteiger partial charge in [0.25, 0.3) is 17.5 Å². The van der Waals surface area contributed by atoms with Crippen LogP contribution in [0.1, 0.15) is 106 Å². The van der Waals surface area contributed by atoms with E-state index in [9.17, 15) is 19.7 Å². The quantitative estimate of drug-likeness (QED) is 0.0585. The van der Waals surface area contributed by atoms with Crippen molar-refractivity contribution < 1.29 is 33.1 Å². The van der Waals surface area contributed by atoms with Gasteiger partial charge in [-0.3, -0.25) is 19.7 Å². The Bertz CT molecular complexity index is 1750. The van der Waals surface area contributed by atoms with E-state index in [1.54, 1.807) is 28.1 Å². The highest BCUT2D eigenvalue weighted by Crippen LogP contribution is 2.39. The van der Waals surface area contributed by atoms with E-state index in [0.29, 0.717) is 43.2 Å². The number of rotatable bonds is 16. The second kappa shape index (κ2) is 17.2. The molecule has 0 saturated heterocycles. The number of unbranched alkanes of at least 4 members (excludes halogenated alkanes) is 2. The third kappa shape index (κ3) is 9.80. The highest BCUT2D eigenvalue weighted by atomic mass is 28.4. The Hall–Kier alpha value is -4.36. The summed E-state index contributed by atoms with van der Waals surface area (Å²) in [6, 6.07) is 6.07. The van der Waals surface area contributed by atoms with Gasteiger partial charge in [0.1, 0.15) is 11.3 Å². The number of nitro benzene ring substituents is 1. The fourth-order valence-corrected chi connectivity index (χ4v) is 7.44. The van der Waals surface area contributed by atoms with Crippen molar-refractivity contribution in [2.45, 2.75) is 117 Å². The van der Waals surface area contributed by atoms with Crippen molar-refractivity contribution in [1.82, 2.24) is 9.80 Å². The summed E-state index contributed by atoms with van der Waals surface area (Å²) >= 11 is 0. The first kappa shape index (κ1) is 41.4. The third-order valence-corrected chi connectivity index (χ3v) is 15.1. The summed E-state index contributed by atoms with van der Waals surface area (Å²) in [5, 5.41) is 12.1. The maximum Gasteiger partial charge on any atom is 0.286 e. The van der Waals surface area contributed by atoms with Gasteiger partial charge in [-0.15, -0.1) is 0 Å². The van der Waals surface area contributed by atoms with Crippen LogP contribution in [0.4, 0.5) is 11.4 Å². The molecule has 12 nitrogen and oxygen atoms in total. The number of hydrogen-bond donors (Lipinski definition) is 1. The molecule has 4 rings (SSSR count). The number of nitrogens with two attached hydrogens (primary N) is 1. The number of nitrogen functional groups attached to an aromatic ring is 1. The summed E-state index contributed by atoms with van der Waals surface area (Å²) < 4.78 is 23.9. The lowest BCUT2D eigenvalue weighted by Gasteiger charge is -2.38. The Morgan fingerprint density at radius 1 is 0.868 bits per heavy atom. The van der Waals surface area contributed by atoms with Crippen LogP contribution in [0.15, 0.2) is 47.8 Å². The summed E-state index contributed by atoms with van der Waals surface area (Å²) in [7, 11) is -0.535. The van der Waals surface area contributed by atoms with Crippen LogP contribution in [0, 0.1) is 17.0 Å². The minimum atomic E-state index is -1.98. The fourth-order valence-electron chi connectivity index (χ4n) is 6.39. The molecule has 2 aliphatic heterocycles. The van der Waals surface area contributed by atoms with E-state index >= 15 is 0 Å². The van der Waals surface area contributed by atoms with E-state index in [2.05, 4.69) is 33.9 Å². The fraction of sp³-hybridized carbons (Fsp3) is 0.550. The average Bonchev–Trinajstić information content (AvgIpc) is 3.67. The van der Waals surface area contributed by atoms with Crippen LogP contribution in [0.2, 0.25) is 18.1 Å². The van der Waals surface area contributed by atoms with Crippen LogP contribution in [-0.2, 0) is 4.43 Å². The molecule has 0 fully saturated rings. The summed E-state index contributed by atoms with van der Waals surface area (Å²) in [6.45, 7) is 20.1. The molecule has 0 aliphatic carbocycles. The Morgan fingerprint density at radius 3 is 2.00 bits per heavy atom. The molecule has 2 amide bonds. The standard InChI is InChI=1S/C40H58N4O8Si/c1-11-29-17-26(2)23-42(29)39(46)32-20-36(49-8)37(22-34(32)44(47)48)51-16-14-12-13-15-50-35-21-33(41)31(19-28(35)4)38(45)43-24-27(3)18-30(43)25-52-53(9,10)40(5,6)7/h19-24,29-30H,11-18,25,41H2,1-10H3/t29?,30-/m0/s1. The molecule has 0 bridgehead atoms. The largest absolute Gasteiger partial charge is 0.493 e. The number of nitro groups is 1. The molecule has 2 heterocycles. The normalized spacial score (nSPS) is 17.5. The molecule has 53 heavy (non-hydrogen) atoms. The maximum atomic E-state index is 13.7. The van der Waals surface area contributed by atoms with Gasteiger partial charge in [0.15, 0.2) is 19.8 Å². The van der Waals surface area contributed by atoms with E-state index in [4.69, 9.17) is 24.4 Å². The van der Waals surface area contributed by atoms with Gasteiger partial charge < -0.3 is 34.2 Å². The highest BCUT2D eigenvalue weighted by Gasteiger charge is 2.39. The predicted octanol–water partition coefficient (Wildman–Crippen LogP) is 8.79. The molecule has 0 saturated carbocycles. The average molecular weight is 751 g/mol. The molecular weight excluding hydrogens is 693 g/mol. The second-order valence-corrected chi connectivity index (χ2v) is 20.6. The molecular formula is C40H58N4O8Si. The number of benzene rings is 2. The molecule has 0 spiro atoms. The first-order valence-corrected chi connectivity index (χ1v) is 21.4. The zero-order chi connectivity index (χ0) is 39.2. The first-order chi connectivity index (χ1) is 24.9. The van der Waals surface area contributed by atoms with E-state index in [-0.39, 0.29) is 45.8 Å². The third-order valence-electron chi connectivity index (χ3n) is 10.6. The van der Waals surface area contributed by atoms with Gasteiger partial charge in [-0.25, -0.2) is 0 Å². The van der Waals surface area contributed by atoms with Gasteiger partial charge in [-0.1, -0.05) is 38.8 Å². The van der Waals surface area contributed by atoms with Gasteiger partial charge in [0.2, 0.25) is 0 Å². The minimum absolute atomic E-state index is 0.0343. The Labute approximate surface area is 315 Å². The maximum absolute atomic E-state index is 13.7. The first-order valence-electron chi connectivity index (χ1n) is 18.5. The Morgan fingerprint density at radius 2 is 1.43 bits per heavy atom. The van der Waals surface area contributed by atoms with Crippen LogP contribution in [0.3, 0.4) is 0 Å². The molecule has 13 heteroatoms. The number of hydrogen-bond acceptors (Lipinski definition) is 9. The van der Waals surface area contributed by atoms with Crippen molar-refractivity contribution in [3.05, 3.63) is 74.6 Å². The lowest BCUT2D eigenvalue weighted by molar-refractivity contribution is -0.385. The molecule has 2 aliphatic rings. The van der Waals surface area contributed by atoms with Crippen LogP contribution in [-0.4, -0.2) is 73.9 Å². The number of methoxy groups -OCH3 is 1. The highest BCUT2D eigenvalue weighted by molar-refractivity contribution is 6.74. The summed E-state index contributed by atoms with van der Waals surface area (Å²) in [5.41, 5.74) is 9.87. The summed E-state index contributed by atoms with van der Waals surface area (Å²) in [6.07, 6.45) is 8.08.